The van der Waals surface area contributed by atoms with E-state index in [1.807, 2.05) is 13.8 Å². The second-order valence-corrected chi connectivity index (χ2v) is 6.29. The largest absolute Gasteiger partial charge is 0.338 e. The van der Waals surface area contributed by atoms with Crippen molar-refractivity contribution in [2.24, 2.45) is 5.92 Å². The molecule has 0 aromatic heterocycles. The molecule has 1 aromatic rings. The summed E-state index contributed by atoms with van der Waals surface area (Å²) in [6, 6.07) is 4.63. The topological polar surface area (TPSA) is 58.2 Å². The standard InChI is InChI=1S/C13H16Cl2N2O2S/c1-8(2)6-16-13(19)17-11(18)7-20-12-9(14)4-3-5-10(12)15/h3-5,8H,6-7H2,1-2H3,(H2,16,17,18,19). The van der Waals surface area contributed by atoms with Gasteiger partial charge in [-0.3, -0.25) is 10.1 Å². The van der Waals surface area contributed by atoms with Crippen molar-refractivity contribution in [1.82, 2.24) is 10.6 Å². The van der Waals surface area contributed by atoms with Crippen LogP contribution in [-0.4, -0.2) is 24.2 Å². The van der Waals surface area contributed by atoms with Gasteiger partial charge in [0.1, 0.15) is 0 Å². The summed E-state index contributed by atoms with van der Waals surface area (Å²) in [5.41, 5.74) is 0. The monoisotopic (exact) mass is 334 g/mol. The highest BCUT2D eigenvalue weighted by atomic mass is 35.5. The van der Waals surface area contributed by atoms with Gasteiger partial charge in [0.05, 0.1) is 15.8 Å². The fraction of sp³-hybridized carbons (Fsp3) is 0.385. The zero-order valence-electron chi connectivity index (χ0n) is 11.2. The van der Waals surface area contributed by atoms with Gasteiger partial charge in [0, 0.05) is 11.4 Å². The van der Waals surface area contributed by atoms with Gasteiger partial charge in [-0.2, -0.15) is 0 Å². The normalized spacial score (nSPS) is 10.4. The summed E-state index contributed by atoms with van der Waals surface area (Å²) < 4.78 is 0. The van der Waals surface area contributed by atoms with Crippen molar-refractivity contribution < 1.29 is 9.59 Å². The molecular formula is C13H16Cl2N2O2S. The fourth-order valence-corrected chi connectivity index (χ4v) is 2.75. The zero-order chi connectivity index (χ0) is 15.1. The van der Waals surface area contributed by atoms with Gasteiger partial charge in [-0.05, 0) is 18.1 Å². The van der Waals surface area contributed by atoms with Crippen LogP contribution in [0.15, 0.2) is 23.1 Å². The Bertz CT molecular complexity index is 475. The summed E-state index contributed by atoms with van der Waals surface area (Å²) in [4.78, 5) is 23.6. The van der Waals surface area contributed by atoms with Gasteiger partial charge in [0.15, 0.2) is 0 Å². The second-order valence-electron chi connectivity index (χ2n) is 4.49. The first kappa shape index (κ1) is 17.1. The molecule has 0 bridgehead atoms. The van der Waals surface area contributed by atoms with E-state index in [9.17, 15) is 9.59 Å². The Balaban J connectivity index is 2.42. The molecule has 0 saturated carbocycles. The first-order chi connectivity index (χ1) is 9.40. The number of carbonyl (C=O) groups excluding carboxylic acids is 2. The van der Waals surface area contributed by atoms with Crippen LogP contribution in [-0.2, 0) is 4.79 Å². The fourth-order valence-electron chi connectivity index (χ4n) is 1.26. The molecule has 7 heteroatoms. The molecular weight excluding hydrogens is 319 g/mol. The summed E-state index contributed by atoms with van der Waals surface area (Å²) in [5.74, 6) is -0.00199. The number of halogens is 2. The van der Waals surface area contributed by atoms with Gasteiger partial charge < -0.3 is 5.32 Å². The molecule has 1 rings (SSSR count). The van der Waals surface area contributed by atoms with Crippen molar-refractivity contribution in [2.45, 2.75) is 18.7 Å². The van der Waals surface area contributed by atoms with Gasteiger partial charge in [-0.1, -0.05) is 43.1 Å². The molecule has 0 atom stereocenters. The third-order valence-electron chi connectivity index (χ3n) is 2.19. The summed E-state index contributed by atoms with van der Waals surface area (Å²) in [6.07, 6.45) is 0. The molecule has 0 heterocycles. The number of rotatable bonds is 5. The third-order valence-corrected chi connectivity index (χ3v) is 4.18. The van der Waals surface area contributed by atoms with Gasteiger partial charge >= 0.3 is 6.03 Å². The molecule has 0 aliphatic heterocycles. The average molecular weight is 335 g/mol. The predicted molar refractivity (Wildman–Crippen MR) is 83.6 cm³/mol. The maximum atomic E-state index is 11.6. The van der Waals surface area contributed by atoms with Gasteiger partial charge in [-0.25, -0.2) is 4.79 Å². The molecule has 2 N–H and O–H groups in total. The summed E-state index contributed by atoms with van der Waals surface area (Å²) in [6.45, 7) is 4.46. The van der Waals surface area contributed by atoms with E-state index in [1.165, 1.54) is 11.8 Å². The lowest BCUT2D eigenvalue weighted by Gasteiger charge is -2.09. The van der Waals surface area contributed by atoms with E-state index >= 15 is 0 Å². The maximum absolute atomic E-state index is 11.6. The third kappa shape index (κ3) is 6.03. The van der Waals surface area contributed by atoms with Crippen LogP contribution in [0.3, 0.4) is 0 Å². The molecule has 0 fully saturated rings. The first-order valence-electron chi connectivity index (χ1n) is 6.04. The van der Waals surface area contributed by atoms with Crippen LogP contribution in [0.1, 0.15) is 13.8 Å². The first-order valence-corrected chi connectivity index (χ1v) is 7.78. The van der Waals surface area contributed by atoms with Gasteiger partial charge in [0.25, 0.3) is 0 Å². The lowest BCUT2D eigenvalue weighted by atomic mass is 10.2. The van der Waals surface area contributed by atoms with Crippen LogP contribution < -0.4 is 10.6 Å². The quantitative estimate of drug-likeness (QED) is 0.809. The number of amides is 3. The lowest BCUT2D eigenvalue weighted by molar-refractivity contribution is -0.117. The number of hydrogen-bond donors (Lipinski definition) is 2. The van der Waals surface area contributed by atoms with Crippen LogP contribution in [0, 0.1) is 5.92 Å². The Labute approximate surface area is 132 Å². The van der Waals surface area contributed by atoms with Crippen LogP contribution in [0.25, 0.3) is 0 Å². The molecule has 3 amide bonds. The van der Waals surface area contributed by atoms with Crippen molar-refractivity contribution in [3.8, 4) is 0 Å². The van der Waals surface area contributed by atoms with E-state index in [-0.39, 0.29) is 5.75 Å². The van der Waals surface area contributed by atoms with Crippen molar-refractivity contribution >= 4 is 46.9 Å². The molecule has 4 nitrogen and oxygen atoms in total. The summed E-state index contributed by atoms with van der Waals surface area (Å²) in [5, 5.41) is 5.82. The number of thioether (sulfide) groups is 1. The average Bonchev–Trinajstić information content (AvgIpc) is 2.35. The molecule has 20 heavy (non-hydrogen) atoms. The Morgan fingerprint density at radius 1 is 1.25 bits per heavy atom. The van der Waals surface area contributed by atoms with E-state index in [0.29, 0.717) is 27.4 Å². The minimum absolute atomic E-state index is 0.0680. The van der Waals surface area contributed by atoms with E-state index in [4.69, 9.17) is 23.2 Å². The van der Waals surface area contributed by atoms with Gasteiger partial charge in [-0.15, -0.1) is 11.8 Å². The Morgan fingerprint density at radius 3 is 2.40 bits per heavy atom. The van der Waals surface area contributed by atoms with Crippen LogP contribution in [0.4, 0.5) is 4.79 Å². The van der Waals surface area contributed by atoms with Crippen LogP contribution >= 0.6 is 35.0 Å². The number of imide groups is 1. The maximum Gasteiger partial charge on any atom is 0.321 e. The highest BCUT2D eigenvalue weighted by Gasteiger charge is 2.11. The number of nitrogens with one attached hydrogen (secondary N) is 2. The summed E-state index contributed by atoms with van der Waals surface area (Å²) in [7, 11) is 0. The molecule has 0 spiro atoms. The van der Waals surface area contributed by atoms with Gasteiger partial charge in [0.2, 0.25) is 5.91 Å². The number of urea groups is 1. The number of carbonyl (C=O) groups is 2. The number of benzene rings is 1. The molecule has 0 aliphatic rings. The van der Waals surface area contributed by atoms with Crippen molar-refractivity contribution in [3.05, 3.63) is 28.2 Å². The Hall–Kier alpha value is -0.910. The minimum Gasteiger partial charge on any atom is -0.338 e. The molecule has 1 aromatic carbocycles. The SMILES string of the molecule is CC(C)CNC(=O)NC(=O)CSc1c(Cl)cccc1Cl. The highest BCUT2D eigenvalue weighted by molar-refractivity contribution is 8.00. The van der Waals surface area contributed by atoms with E-state index in [1.54, 1.807) is 18.2 Å². The second kappa shape index (κ2) is 8.39. The molecule has 110 valence electrons. The van der Waals surface area contributed by atoms with Crippen molar-refractivity contribution in [3.63, 3.8) is 0 Å². The predicted octanol–water partition coefficient (Wildman–Crippen LogP) is 3.57. The van der Waals surface area contributed by atoms with E-state index < -0.39 is 11.9 Å². The van der Waals surface area contributed by atoms with Crippen LogP contribution in [0.5, 0.6) is 0 Å². The Morgan fingerprint density at radius 2 is 1.85 bits per heavy atom. The summed E-state index contributed by atoms with van der Waals surface area (Å²) >= 11 is 13.2. The van der Waals surface area contributed by atoms with E-state index in [0.717, 1.165) is 0 Å². The Kier molecular flexibility index (Phi) is 7.19. The smallest absolute Gasteiger partial charge is 0.321 e. The van der Waals surface area contributed by atoms with E-state index in [2.05, 4.69) is 10.6 Å². The van der Waals surface area contributed by atoms with Crippen LogP contribution in [0.2, 0.25) is 10.0 Å². The molecule has 0 radical (unpaired) electrons. The molecule has 0 unspecified atom stereocenters. The number of hydrogen-bond acceptors (Lipinski definition) is 3. The minimum atomic E-state index is -0.491. The highest BCUT2D eigenvalue weighted by Crippen LogP contribution is 2.33. The lowest BCUT2D eigenvalue weighted by Crippen LogP contribution is -2.41. The zero-order valence-corrected chi connectivity index (χ0v) is 13.5. The van der Waals surface area contributed by atoms with Crippen molar-refractivity contribution in [2.75, 3.05) is 12.3 Å². The van der Waals surface area contributed by atoms with Crippen molar-refractivity contribution in [1.29, 1.82) is 0 Å². The molecule has 0 saturated heterocycles. The molecule has 0 aliphatic carbocycles.